The van der Waals surface area contributed by atoms with Crippen LogP contribution in [0.5, 0.6) is 0 Å². The molecule has 0 spiro atoms. The molecule has 5 nitrogen and oxygen atoms in total. The highest BCUT2D eigenvalue weighted by atomic mass is 79.9. The van der Waals surface area contributed by atoms with Crippen LogP contribution in [0.2, 0.25) is 0 Å². The zero-order chi connectivity index (χ0) is 13.0. The van der Waals surface area contributed by atoms with Gasteiger partial charge in [0.05, 0.1) is 23.9 Å². The monoisotopic (exact) mass is 310 g/mol. The van der Waals surface area contributed by atoms with Crippen LogP contribution in [-0.2, 0) is 4.74 Å². The van der Waals surface area contributed by atoms with Crippen LogP contribution in [0.3, 0.4) is 0 Å². The number of aromatic nitrogens is 2. The summed E-state index contributed by atoms with van der Waals surface area (Å²) < 4.78 is 6.02. The number of hydrogen-bond acceptors (Lipinski definition) is 5. The molecule has 0 radical (unpaired) electrons. The molecule has 2 rings (SSSR count). The Labute approximate surface area is 114 Å². The minimum atomic E-state index is 0.0612. The van der Waals surface area contributed by atoms with Crippen molar-refractivity contribution in [1.29, 1.82) is 0 Å². The van der Waals surface area contributed by atoms with Crippen molar-refractivity contribution in [1.82, 2.24) is 9.97 Å². The van der Waals surface area contributed by atoms with Crippen molar-refractivity contribution in [2.75, 3.05) is 25.6 Å². The zero-order valence-electron chi connectivity index (χ0n) is 10.1. The van der Waals surface area contributed by atoms with Gasteiger partial charge < -0.3 is 15.8 Å². The fourth-order valence-electron chi connectivity index (χ4n) is 1.71. The molecule has 0 aliphatic carbocycles. The van der Waals surface area contributed by atoms with Crippen LogP contribution in [0.15, 0.2) is 29.0 Å². The number of nitrogens with zero attached hydrogens (tertiary/aromatic N) is 2. The van der Waals surface area contributed by atoms with Crippen molar-refractivity contribution in [2.45, 2.75) is 6.04 Å². The van der Waals surface area contributed by atoms with Crippen molar-refractivity contribution >= 4 is 32.7 Å². The summed E-state index contributed by atoms with van der Waals surface area (Å²) in [5.74, 6) is 0. The Kier molecular flexibility index (Phi) is 4.46. The molecule has 0 amide bonds. The zero-order valence-corrected chi connectivity index (χ0v) is 11.6. The molecule has 0 saturated heterocycles. The highest BCUT2D eigenvalue weighted by Gasteiger charge is 2.09. The van der Waals surface area contributed by atoms with E-state index in [4.69, 9.17) is 10.5 Å². The number of rotatable bonds is 5. The van der Waals surface area contributed by atoms with Gasteiger partial charge in [0.1, 0.15) is 5.52 Å². The van der Waals surface area contributed by atoms with Crippen molar-refractivity contribution in [3.8, 4) is 0 Å². The highest BCUT2D eigenvalue weighted by molar-refractivity contribution is 9.10. The standard InChI is InChI=1S/C12H15BrN4O/c1-18-7-9(5-14)17-10-2-3-15-11-4-8(13)6-16-12(10)11/h2-4,6,9H,5,7,14H2,1H3,(H,15,17). The predicted octanol–water partition coefficient (Wildman–Crippen LogP) is 1.78. The molecular formula is C12H15BrN4O. The maximum Gasteiger partial charge on any atom is 0.112 e. The lowest BCUT2D eigenvalue weighted by Crippen LogP contribution is -2.33. The van der Waals surface area contributed by atoms with E-state index in [1.165, 1.54) is 0 Å². The van der Waals surface area contributed by atoms with Crippen LogP contribution in [0.1, 0.15) is 0 Å². The second-order valence-corrected chi connectivity index (χ2v) is 4.83. The van der Waals surface area contributed by atoms with Crippen molar-refractivity contribution in [3.05, 3.63) is 29.0 Å². The van der Waals surface area contributed by atoms with Crippen molar-refractivity contribution < 1.29 is 4.74 Å². The first-order chi connectivity index (χ1) is 8.74. The maximum atomic E-state index is 5.69. The number of anilines is 1. The van der Waals surface area contributed by atoms with Gasteiger partial charge in [0, 0.05) is 30.5 Å². The fraction of sp³-hybridized carbons (Fsp3) is 0.333. The lowest BCUT2D eigenvalue weighted by atomic mass is 10.2. The number of halogens is 1. The third kappa shape index (κ3) is 2.95. The van der Waals surface area contributed by atoms with E-state index in [0.717, 1.165) is 21.2 Å². The molecule has 2 aromatic rings. The molecular weight excluding hydrogens is 296 g/mol. The second-order valence-electron chi connectivity index (χ2n) is 3.91. The molecule has 6 heteroatoms. The van der Waals surface area contributed by atoms with Gasteiger partial charge in [-0.1, -0.05) is 0 Å². The largest absolute Gasteiger partial charge is 0.383 e. The SMILES string of the molecule is COCC(CN)Nc1ccnc2cc(Br)cnc12. The Bertz CT molecular complexity index is 534. The predicted molar refractivity (Wildman–Crippen MR) is 75.6 cm³/mol. The quantitative estimate of drug-likeness (QED) is 0.880. The summed E-state index contributed by atoms with van der Waals surface area (Å²) in [7, 11) is 1.66. The van der Waals surface area contributed by atoms with Gasteiger partial charge in [0.2, 0.25) is 0 Å². The average molecular weight is 311 g/mol. The number of pyridine rings is 2. The molecule has 2 aromatic heterocycles. The average Bonchev–Trinajstić information content (AvgIpc) is 2.38. The van der Waals surface area contributed by atoms with Gasteiger partial charge in [-0.3, -0.25) is 9.97 Å². The van der Waals surface area contributed by atoms with E-state index in [9.17, 15) is 0 Å². The lowest BCUT2D eigenvalue weighted by Gasteiger charge is -2.17. The van der Waals surface area contributed by atoms with Gasteiger partial charge >= 0.3 is 0 Å². The number of ether oxygens (including phenoxy) is 1. The van der Waals surface area contributed by atoms with E-state index in [1.807, 2.05) is 12.1 Å². The molecule has 0 aliphatic heterocycles. The number of nitrogens with two attached hydrogens (primary N) is 1. The van der Waals surface area contributed by atoms with Crippen LogP contribution in [0.4, 0.5) is 5.69 Å². The van der Waals surface area contributed by atoms with Crippen molar-refractivity contribution in [3.63, 3.8) is 0 Å². The summed E-state index contributed by atoms with van der Waals surface area (Å²) in [6.45, 7) is 1.05. The van der Waals surface area contributed by atoms with Crippen LogP contribution < -0.4 is 11.1 Å². The Morgan fingerprint density at radius 1 is 1.50 bits per heavy atom. The van der Waals surface area contributed by atoms with Crippen LogP contribution >= 0.6 is 15.9 Å². The van der Waals surface area contributed by atoms with Gasteiger partial charge in [-0.15, -0.1) is 0 Å². The summed E-state index contributed by atoms with van der Waals surface area (Å²) in [5.41, 5.74) is 8.27. The summed E-state index contributed by atoms with van der Waals surface area (Å²) in [6.07, 6.45) is 3.50. The van der Waals surface area contributed by atoms with Crippen molar-refractivity contribution in [2.24, 2.45) is 5.73 Å². The normalized spacial score (nSPS) is 12.6. The minimum Gasteiger partial charge on any atom is -0.383 e. The third-order valence-corrected chi connectivity index (χ3v) is 2.99. The van der Waals surface area contributed by atoms with E-state index in [1.54, 1.807) is 19.5 Å². The number of fused-ring (bicyclic) bond motifs is 1. The molecule has 18 heavy (non-hydrogen) atoms. The van der Waals surface area contributed by atoms with Crippen LogP contribution in [0, 0.1) is 0 Å². The topological polar surface area (TPSA) is 73.1 Å². The van der Waals surface area contributed by atoms with E-state index in [0.29, 0.717) is 13.2 Å². The minimum absolute atomic E-state index is 0.0612. The first kappa shape index (κ1) is 13.2. The Morgan fingerprint density at radius 2 is 2.33 bits per heavy atom. The first-order valence-corrected chi connectivity index (χ1v) is 6.39. The number of nitrogens with one attached hydrogen (secondary N) is 1. The molecule has 0 bridgehead atoms. The van der Waals surface area contributed by atoms with E-state index in [-0.39, 0.29) is 6.04 Å². The Hall–Kier alpha value is -1.24. The van der Waals surface area contributed by atoms with E-state index >= 15 is 0 Å². The number of hydrogen-bond donors (Lipinski definition) is 2. The Balaban J connectivity index is 2.32. The molecule has 3 N–H and O–H groups in total. The van der Waals surface area contributed by atoms with Gasteiger partial charge in [0.15, 0.2) is 0 Å². The smallest absolute Gasteiger partial charge is 0.112 e. The Morgan fingerprint density at radius 3 is 3.06 bits per heavy atom. The molecule has 0 aliphatic rings. The molecule has 0 fully saturated rings. The highest BCUT2D eigenvalue weighted by Crippen LogP contribution is 2.22. The van der Waals surface area contributed by atoms with Gasteiger partial charge in [0.25, 0.3) is 0 Å². The molecule has 0 saturated carbocycles. The molecule has 0 aromatic carbocycles. The molecule has 1 atom stereocenters. The third-order valence-electron chi connectivity index (χ3n) is 2.56. The molecule has 2 heterocycles. The van der Waals surface area contributed by atoms with Crippen LogP contribution in [0.25, 0.3) is 11.0 Å². The van der Waals surface area contributed by atoms with E-state index < -0.39 is 0 Å². The summed E-state index contributed by atoms with van der Waals surface area (Å²) >= 11 is 3.38. The second kappa shape index (κ2) is 6.08. The summed E-state index contributed by atoms with van der Waals surface area (Å²) in [5, 5.41) is 3.32. The van der Waals surface area contributed by atoms with Gasteiger partial charge in [-0.25, -0.2) is 0 Å². The number of methoxy groups -OCH3 is 1. The lowest BCUT2D eigenvalue weighted by molar-refractivity contribution is 0.187. The van der Waals surface area contributed by atoms with Gasteiger partial charge in [-0.2, -0.15) is 0 Å². The summed E-state index contributed by atoms with van der Waals surface area (Å²) in [6, 6.07) is 3.88. The maximum absolute atomic E-state index is 5.69. The van der Waals surface area contributed by atoms with Gasteiger partial charge in [-0.05, 0) is 28.1 Å². The molecule has 1 unspecified atom stereocenters. The van der Waals surface area contributed by atoms with E-state index in [2.05, 4.69) is 31.2 Å². The summed E-state index contributed by atoms with van der Waals surface area (Å²) in [4.78, 5) is 8.66. The van der Waals surface area contributed by atoms with Crippen LogP contribution in [-0.4, -0.2) is 36.3 Å². The molecule has 96 valence electrons. The first-order valence-electron chi connectivity index (χ1n) is 5.60. The fourth-order valence-corrected chi connectivity index (χ4v) is 2.03.